The molecule has 7 heteroatoms. The van der Waals surface area contributed by atoms with Gasteiger partial charge < -0.3 is 5.11 Å². The number of benzene rings is 1. The van der Waals surface area contributed by atoms with Crippen LogP contribution in [-0.4, -0.2) is 25.7 Å². The van der Waals surface area contributed by atoms with Crippen LogP contribution in [0.3, 0.4) is 0 Å². The van der Waals surface area contributed by atoms with Gasteiger partial charge in [0.05, 0.1) is 22.1 Å². The van der Waals surface area contributed by atoms with Crippen LogP contribution in [0, 0.1) is 0 Å². The van der Waals surface area contributed by atoms with Crippen LogP contribution in [-0.2, 0) is 10.0 Å². The maximum atomic E-state index is 12.4. The summed E-state index contributed by atoms with van der Waals surface area (Å²) < 4.78 is 28.1. The van der Waals surface area contributed by atoms with E-state index >= 15 is 0 Å². The molecule has 0 unspecified atom stereocenters. The van der Waals surface area contributed by atoms with Gasteiger partial charge in [-0.3, -0.25) is 0 Å². The fourth-order valence-electron chi connectivity index (χ4n) is 2.51. The molecule has 0 atom stereocenters. The van der Waals surface area contributed by atoms with Crippen molar-refractivity contribution in [1.82, 2.24) is 4.72 Å². The monoisotopic (exact) mass is 381 g/mol. The molecule has 0 spiro atoms. The number of rotatable bonds is 4. The molecule has 1 aliphatic carbocycles. The van der Waals surface area contributed by atoms with Crippen molar-refractivity contribution in [2.45, 2.75) is 42.5 Å². The van der Waals surface area contributed by atoms with Gasteiger partial charge in [0.15, 0.2) is 0 Å². The number of hydrogen-bond acceptors (Lipinski definition) is 3. The first-order valence-electron chi connectivity index (χ1n) is 6.48. The van der Waals surface area contributed by atoms with E-state index in [0.29, 0.717) is 22.3 Å². The Morgan fingerprint density at radius 1 is 1.30 bits per heavy atom. The first-order valence-corrected chi connectivity index (χ1v) is 9.14. The highest BCUT2D eigenvalue weighted by Gasteiger charge is 2.36. The van der Waals surface area contributed by atoms with E-state index in [1.807, 2.05) is 0 Å². The molecule has 2 rings (SSSR count). The normalized spacial score (nSPS) is 18.9. The van der Waals surface area contributed by atoms with Crippen LogP contribution in [0.5, 0.6) is 0 Å². The molecule has 0 aliphatic heterocycles. The summed E-state index contributed by atoms with van der Waals surface area (Å²) >= 11 is 9.10. The number of halogens is 2. The summed E-state index contributed by atoms with van der Waals surface area (Å²) in [7, 11) is -3.67. The van der Waals surface area contributed by atoms with E-state index in [1.165, 1.54) is 18.2 Å². The average molecular weight is 383 g/mol. The highest BCUT2D eigenvalue weighted by atomic mass is 79.9. The molecule has 1 saturated carbocycles. The minimum absolute atomic E-state index is 0.146. The van der Waals surface area contributed by atoms with Gasteiger partial charge in [0.25, 0.3) is 0 Å². The number of nitrogens with one attached hydrogen (secondary N) is 1. The fourth-order valence-corrected chi connectivity index (χ4v) is 4.63. The third-order valence-electron chi connectivity index (χ3n) is 3.67. The third-order valence-corrected chi connectivity index (χ3v) is 6.46. The van der Waals surface area contributed by atoms with Gasteiger partial charge in [0.1, 0.15) is 0 Å². The topological polar surface area (TPSA) is 66.4 Å². The van der Waals surface area contributed by atoms with Crippen molar-refractivity contribution in [1.29, 1.82) is 0 Å². The molecular formula is C13H17BrClNO3S. The molecule has 0 heterocycles. The molecule has 0 aromatic heterocycles. The molecule has 20 heavy (non-hydrogen) atoms. The Bertz CT molecular complexity index is 585. The number of sulfonamides is 1. The molecule has 2 N–H and O–H groups in total. The first-order chi connectivity index (χ1) is 9.38. The molecule has 0 bridgehead atoms. The Morgan fingerprint density at radius 2 is 1.95 bits per heavy atom. The molecule has 1 fully saturated rings. The summed E-state index contributed by atoms with van der Waals surface area (Å²) in [4.78, 5) is 0.146. The molecule has 4 nitrogen and oxygen atoms in total. The lowest BCUT2D eigenvalue weighted by atomic mass is 9.83. The third kappa shape index (κ3) is 3.54. The van der Waals surface area contributed by atoms with Crippen molar-refractivity contribution in [2.24, 2.45) is 0 Å². The lowest BCUT2D eigenvalue weighted by molar-refractivity contribution is 0.142. The molecule has 0 amide bonds. The minimum atomic E-state index is -3.67. The van der Waals surface area contributed by atoms with Gasteiger partial charge in [-0.1, -0.05) is 30.9 Å². The van der Waals surface area contributed by atoms with E-state index in [9.17, 15) is 13.5 Å². The van der Waals surface area contributed by atoms with Crippen molar-refractivity contribution in [2.75, 3.05) is 6.61 Å². The summed E-state index contributed by atoms with van der Waals surface area (Å²) in [6, 6.07) is 4.47. The average Bonchev–Trinajstić information content (AvgIpc) is 2.42. The summed E-state index contributed by atoms with van der Waals surface area (Å²) in [5.41, 5.74) is -0.733. The van der Waals surface area contributed by atoms with Crippen LogP contribution >= 0.6 is 27.5 Å². The van der Waals surface area contributed by atoms with E-state index in [2.05, 4.69) is 20.7 Å². The number of aliphatic hydroxyl groups excluding tert-OH is 1. The number of hydrogen-bond donors (Lipinski definition) is 2. The van der Waals surface area contributed by atoms with E-state index < -0.39 is 15.6 Å². The fraction of sp³-hybridized carbons (Fsp3) is 0.538. The van der Waals surface area contributed by atoms with E-state index in [1.54, 1.807) is 0 Å². The van der Waals surface area contributed by atoms with Crippen molar-refractivity contribution in [3.05, 3.63) is 27.7 Å². The summed E-state index contributed by atoms with van der Waals surface area (Å²) in [5, 5.41) is 10.1. The zero-order valence-electron chi connectivity index (χ0n) is 10.9. The van der Waals surface area contributed by atoms with Crippen LogP contribution in [0.1, 0.15) is 32.1 Å². The molecule has 1 aromatic carbocycles. The maximum absolute atomic E-state index is 12.4. The predicted octanol–water partition coefficient (Wildman–Crippen LogP) is 3.08. The molecule has 0 saturated heterocycles. The molecule has 0 radical (unpaired) electrons. The van der Waals surface area contributed by atoms with E-state index in [4.69, 9.17) is 11.6 Å². The minimum Gasteiger partial charge on any atom is -0.394 e. The predicted molar refractivity (Wildman–Crippen MR) is 82.4 cm³/mol. The maximum Gasteiger partial charge on any atom is 0.241 e. The Hall–Kier alpha value is -0.140. The Balaban J connectivity index is 2.27. The Morgan fingerprint density at radius 3 is 2.50 bits per heavy atom. The highest BCUT2D eigenvalue weighted by Crippen LogP contribution is 2.31. The van der Waals surface area contributed by atoms with Gasteiger partial charge in [-0.2, -0.15) is 0 Å². The zero-order valence-corrected chi connectivity index (χ0v) is 14.1. The van der Waals surface area contributed by atoms with Crippen molar-refractivity contribution >= 4 is 37.6 Å². The standard InChI is InChI=1S/C13H17BrClNO3S/c14-11-8-10(4-5-12(11)15)20(18,19)16-13(9-17)6-2-1-3-7-13/h4-5,8,16-17H,1-3,6-7,9H2. The lowest BCUT2D eigenvalue weighted by Gasteiger charge is -2.36. The van der Waals surface area contributed by atoms with Gasteiger partial charge in [-0.15, -0.1) is 0 Å². The second kappa shape index (κ2) is 6.32. The molecular weight excluding hydrogens is 366 g/mol. The van der Waals surface area contributed by atoms with Gasteiger partial charge in [-0.25, -0.2) is 13.1 Å². The Labute approximate surface area is 132 Å². The van der Waals surface area contributed by atoms with Crippen molar-refractivity contribution in [3.63, 3.8) is 0 Å². The SMILES string of the molecule is O=S(=O)(NC1(CO)CCCCC1)c1ccc(Cl)c(Br)c1. The second-order valence-electron chi connectivity index (χ2n) is 5.18. The number of aliphatic hydroxyl groups is 1. The van der Waals surface area contributed by atoms with Crippen LogP contribution in [0.2, 0.25) is 5.02 Å². The summed E-state index contributed by atoms with van der Waals surface area (Å²) in [5.74, 6) is 0. The summed E-state index contributed by atoms with van der Waals surface area (Å²) in [6.07, 6.45) is 4.26. The quantitative estimate of drug-likeness (QED) is 0.841. The smallest absolute Gasteiger partial charge is 0.241 e. The largest absolute Gasteiger partial charge is 0.394 e. The van der Waals surface area contributed by atoms with Crippen molar-refractivity contribution in [3.8, 4) is 0 Å². The lowest BCUT2D eigenvalue weighted by Crippen LogP contribution is -2.52. The summed E-state index contributed by atoms with van der Waals surface area (Å²) in [6.45, 7) is -0.180. The van der Waals surface area contributed by atoms with Crippen LogP contribution in [0.4, 0.5) is 0 Å². The zero-order chi connectivity index (χ0) is 14.8. The van der Waals surface area contributed by atoms with E-state index in [-0.39, 0.29) is 11.5 Å². The van der Waals surface area contributed by atoms with Gasteiger partial charge >= 0.3 is 0 Å². The molecule has 112 valence electrons. The van der Waals surface area contributed by atoms with E-state index in [0.717, 1.165) is 19.3 Å². The van der Waals surface area contributed by atoms with Gasteiger partial charge in [-0.05, 0) is 47.0 Å². The van der Waals surface area contributed by atoms with Gasteiger partial charge in [0.2, 0.25) is 10.0 Å². The van der Waals surface area contributed by atoms with Crippen LogP contribution in [0.25, 0.3) is 0 Å². The van der Waals surface area contributed by atoms with Crippen molar-refractivity contribution < 1.29 is 13.5 Å². The Kier molecular flexibility index (Phi) is 5.13. The first kappa shape index (κ1) is 16.2. The van der Waals surface area contributed by atoms with Crippen LogP contribution in [0.15, 0.2) is 27.6 Å². The highest BCUT2D eigenvalue weighted by molar-refractivity contribution is 9.10. The molecule has 1 aromatic rings. The molecule has 1 aliphatic rings. The van der Waals surface area contributed by atoms with Crippen LogP contribution < -0.4 is 4.72 Å². The second-order valence-corrected chi connectivity index (χ2v) is 8.12. The van der Waals surface area contributed by atoms with Gasteiger partial charge in [0, 0.05) is 4.47 Å².